The van der Waals surface area contributed by atoms with Crippen molar-refractivity contribution in [2.45, 2.75) is 59.4 Å². The van der Waals surface area contributed by atoms with E-state index >= 15 is 0 Å². The highest BCUT2D eigenvalue weighted by Gasteiger charge is 2.27. The molecule has 14 heavy (non-hydrogen) atoms. The summed E-state index contributed by atoms with van der Waals surface area (Å²) in [4.78, 5) is 0. The van der Waals surface area contributed by atoms with E-state index in [1.54, 1.807) is 0 Å². The maximum absolute atomic E-state index is 5.87. The average molecular weight is 197 g/mol. The Morgan fingerprint density at radius 1 is 1.07 bits per heavy atom. The Kier molecular flexibility index (Phi) is 4.43. The first-order valence-electron chi connectivity index (χ1n) is 6.24. The summed E-state index contributed by atoms with van der Waals surface area (Å²) in [6.45, 7) is 9.33. The SMILES string of the molecule is CC(N)CC(C)C1CC(C)CC(C)C1. The van der Waals surface area contributed by atoms with Crippen molar-refractivity contribution in [2.75, 3.05) is 0 Å². The Morgan fingerprint density at radius 3 is 2.00 bits per heavy atom. The molecule has 0 spiro atoms. The lowest BCUT2D eigenvalue weighted by Crippen LogP contribution is -2.28. The Balaban J connectivity index is 2.42. The highest BCUT2D eigenvalue weighted by Crippen LogP contribution is 2.38. The van der Waals surface area contributed by atoms with Crippen LogP contribution in [0.2, 0.25) is 0 Å². The average Bonchev–Trinajstić information content (AvgIpc) is 2.00. The molecule has 1 saturated carbocycles. The molecule has 0 saturated heterocycles. The largest absolute Gasteiger partial charge is 0.328 e. The third-order valence-corrected chi connectivity index (χ3v) is 3.76. The molecule has 1 aliphatic rings. The fraction of sp³-hybridized carbons (Fsp3) is 1.00. The standard InChI is InChI=1S/C13H27N/c1-9-5-10(2)7-13(6-9)11(3)8-12(4)14/h9-13H,5-8,14H2,1-4H3. The van der Waals surface area contributed by atoms with Gasteiger partial charge in [0.25, 0.3) is 0 Å². The van der Waals surface area contributed by atoms with Crippen molar-refractivity contribution in [3.63, 3.8) is 0 Å². The van der Waals surface area contributed by atoms with E-state index < -0.39 is 0 Å². The van der Waals surface area contributed by atoms with Gasteiger partial charge in [-0.2, -0.15) is 0 Å². The molecule has 0 heterocycles. The summed E-state index contributed by atoms with van der Waals surface area (Å²) in [5, 5.41) is 0. The summed E-state index contributed by atoms with van der Waals surface area (Å²) in [6.07, 6.45) is 5.49. The maximum Gasteiger partial charge on any atom is 0.00131 e. The molecule has 0 bridgehead atoms. The van der Waals surface area contributed by atoms with Crippen molar-refractivity contribution in [1.82, 2.24) is 0 Å². The summed E-state index contributed by atoms with van der Waals surface area (Å²) < 4.78 is 0. The third-order valence-electron chi connectivity index (χ3n) is 3.76. The molecule has 4 atom stereocenters. The van der Waals surface area contributed by atoms with Crippen molar-refractivity contribution in [3.8, 4) is 0 Å². The molecule has 1 fully saturated rings. The van der Waals surface area contributed by atoms with Crippen molar-refractivity contribution in [3.05, 3.63) is 0 Å². The third kappa shape index (κ3) is 3.61. The van der Waals surface area contributed by atoms with Crippen LogP contribution in [0.15, 0.2) is 0 Å². The highest BCUT2D eigenvalue weighted by atomic mass is 14.6. The smallest absolute Gasteiger partial charge is 0.00131 e. The second-order valence-corrected chi connectivity index (χ2v) is 5.87. The normalized spacial score (nSPS) is 37.9. The predicted molar refractivity (Wildman–Crippen MR) is 63.1 cm³/mol. The zero-order valence-corrected chi connectivity index (χ0v) is 10.3. The molecular formula is C13H27N. The number of nitrogens with two attached hydrogens (primary N) is 1. The monoisotopic (exact) mass is 197 g/mol. The molecule has 84 valence electrons. The molecule has 2 N–H and O–H groups in total. The first kappa shape index (κ1) is 12.0. The van der Waals surface area contributed by atoms with Crippen LogP contribution in [0.5, 0.6) is 0 Å². The molecule has 0 aromatic heterocycles. The minimum absolute atomic E-state index is 0.373. The van der Waals surface area contributed by atoms with Gasteiger partial charge in [-0.05, 0) is 56.3 Å². The van der Waals surface area contributed by atoms with Gasteiger partial charge in [0, 0.05) is 6.04 Å². The van der Waals surface area contributed by atoms with E-state index in [0.29, 0.717) is 6.04 Å². The topological polar surface area (TPSA) is 26.0 Å². The minimum atomic E-state index is 0.373. The first-order chi connectivity index (χ1) is 6.49. The van der Waals surface area contributed by atoms with Gasteiger partial charge in [-0.25, -0.2) is 0 Å². The van der Waals surface area contributed by atoms with Gasteiger partial charge in [0.1, 0.15) is 0 Å². The Hall–Kier alpha value is -0.0400. The molecule has 0 radical (unpaired) electrons. The zero-order chi connectivity index (χ0) is 10.7. The number of hydrogen-bond acceptors (Lipinski definition) is 1. The Morgan fingerprint density at radius 2 is 1.57 bits per heavy atom. The number of hydrogen-bond donors (Lipinski definition) is 1. The highest BCUT2D eigenvalue weighted by molar-refractivity contribution is 4.79. The Labute approximate surface area is 89.5 Å². The second-order valence-electron chi connectivity index (χ2n) is 5.87. The molecule has 0 aromatic rings. The lowest BCUT2D eigenvalue weighted by molar-refractivity contribution is 0.159. The summed E-state index contributed by atoms with van der Waals surface area (Å²) in [6, 6.07) is 0.373. The van der Waals surface area contributed by atoms with E-state index in [2.05, 4.69) is 27.7 Å². The van der Waals surface area contributed by atoms with Gasteiger partial charge in [0.2, 0.25) is 0 Å². The van der Waals surface area contributed by atoms with Crippen LogP contribution in [0.1, 0.15) is 53.4 Å². The molecule has 0 aromatic carbocycles. The molecular weight excluding hydrogens is 170 g/mol. The van der Waals surface area contributed by atoms with Crippen LogP contribution in [0, 0.1) is 23.7 Å². The van der Waals surface area contributed by atoms with Crippen LogP contribution >= 0.6 is 0 Å². The van der Waals surface area contributed by atoms with Gasteiger partial charge in [0.15, 0.2) is 0 Å². The fourth-order valence-electron chi connectivity index (χ4n) is 3.25. The van der Waals surface area contributed by atoms with Crippen LogP contribution in [0.4, 0.5) is 0 Å². The molecule has 0 aliphatic heterocycles. The van der Waals surface area contributed by atoms with Gasteiger partial charge in [-0.3, -0.25) is 0 Å². The summed E-state index contributed by atoms with van der Waals surface area (Å²) in [7, 11) is 0. The van der Waals surface area contributed by atoms with Crippen LogP contribution in [-0.2, 0) is 0 Å². The van der Waals surface area contributed by atoms with Crippen LogP contribution in [-0.4, -0.2) is 6.04 Å². The maximum atomic E-state index is 5.87. The minimum Gasteiger partial charge on any atom is -0.328 e. The van der Waals surface area contributed by atoms with Crippen LogP contribution in [0.25, 0.3) is 0 Å². The van der Waals surface area contributed by atoms with E-state index in [4.69, 9.17) is 5.73 Å². The molecule has 1 rings (SSSR count). The first-order valence-corrected chi connectivity index (χ1v) is 6.24. The molecule has 0 amide bonds. The lowest BCUT2D eigenvalue weighted by atomic mass is 9.71. The van der Waals surface area contributed by atoms with E-state index in [1.807, 2.05) is 0 Å². The Bertz CT molecular complexity index is 155. The van der Waals surface area contributed by atoms with Crippen molar-refractivity contribution < 1.29 is 0 Å². The molecule has 1 nitrogen and oxygen atoms in total. The lowest BCUT2D eigenvalue weighted by Gasteiger charge is -2.35. The van der Waals surface area contributed by atoms with Gasteiger partial charge < -0.3 is 5.73 Å². The van der Waals surface area contributed by atoms with E-state index in [9.17, 15) is 0 Å². The van der Waals surface area contributed by atoms with Gasteiger partial charge >= 0.3 is 0 Å². The molecule has 4 unspecified atom stereocenters. The zero-order valence-electron chi connectivity index (χ0n) is 10.3. The van der Waals surface area contributed by atoms with Crippen molar-refractivity contribution in [1.29, 1.82) is 0 Å². The van der Waals surface area contributed by atoms with Gasteiger partial charge in [-0.15, -0.1) is 0 Å². The number of rotatable bonds is 3. The van der Waals surface area contributed by atoms with Crippen molar-refractivity contribution in [2.24, 2.45) is 29.4 Å². The van der Waals surface area contributed by atoms with E-state index in [0.717, 1.165) is 23.7 Å². The quantitative estimate of drug-likeness (QED) is 0.737. The summed E-state index contributed by atoms with van der Waals surface area (Å²) in [5.74, 6) is 3.61. The van der Waals surface area contributed by atoms with E-state index in [1.165, 1.54) is 25.7 Å². The summed E-state index contributed by atoms with van der Waals surface area (Å²) in [5.41, 5.74) is 5.87. The van der Waals surface area contributed by atoms with Crippen molar-refractivity contribution >= 4 is 0 Å². The summed E-state index contributed by atoms with van der Waals surface area (Å²) >= 11 is 0. The van der Waals surface area contributed by atoms with Crippen LogP contribution < -0.4 is 5.73 Å². The molecule has 1 heteroatoms. The van der Waals surface area contributed by atoms with Gasteiger partial charge in [-0.1, -0.05) is 20.8 Å². The predicted octanol–water partition coefficient (Wildman–Crippen LogP) is 3.43. The van der Waals surface area contributed by atoms with E-state index in [-0.39, 0.29) is 0 Å². The van der Waals surface area contributed by atoms with Crippen LogP contribution in [0.3, 0.4) is 0 Å². The molecule has 1 aliphatic carbocycles. The van der Waals surface area contributed by atoms with Gasteiger partial charge in [0.05, 0.1) is 0 Å². The fourth-order valence-corrected chi connectivity index (χ4v) is 3.25. The second kappa shape index (κ2) is 5.16.